The fourth-order valence-corrected chi connectivity index (χ4v) is 4.54. The number of carbonyl (C=O) groups excluding carboxylic acids is 1. The second-order valence-corrected chi connectivity index (χ2v) is 9.75. The normalized spacial score (nSPS) is 18.1. The van der Waals surface area contributed by atoms with Gasteiger partial charge in [0.2, 0.25) is 0 Å². The molecule has 7 nitrogen and oxygen atoms in total. The molecule has 0 spiro atoms. The zero-order valence-electron chi connectivity index (χ0n) is 20.0. The third-order valence-electron chi connectivity index (χ3n) is 6.61. The van der Waals surface area contributed by atoms with Gasteiger partial charge in [0.25, 0.3) is 0 Å². The van der Waals surface area contributed by atoms with Crippen LogP contribution < -0.4 is 14.8 Å². The van der Waals surface area contributed by atoms with E-state index in [2.05, 4.69) is 22.3 Å². The fourth-order valence-electron chi connectivity index (χ4n) is 4.43. The Morgan fingerprint density at radius 3 is 2.32 bits per heavy atom. The van der Waals surface area contributed by atoms with E-state index >= 15 is 0 Å². The number of halogens is 1. The Hall–Kier alpha value is -2.48. The standard InChI is InChI=1S/C26H34ClN3O4/c1-19-15-23(16-20(2)24(19)27)34-18-26(32)7-10-29(11-8-26)17-21-3-5-22(6-4-21)33-14-13-30-12-9-28-25(30)31/h3-6,15-16,32H,7-14,17-18H2,1-2H3,(H,28,31). The highest BCUT2D eigenvalue weighted by atomic mass is 35.5. The van der Waals surface area contributed by atoms with E-state index in [-0.39, 0.29) is 12.6 Å². The van der Waals surface area contributed by atoms with Gasteiger partial charge >= 0.3 is 6.03 Å². The molecule has 2 aliphatic heterocycles. The summed E-state index contributed by atoms with van der Waals surface area (Å²) in [6, 6.07) is 11.9. The molecule has 8 heteroatoms. The number of nitrogens with one attached hydrogen (secondary N) is 1. The maximum atomic E-state index is 11.6. The SMILES string of the molecule is Cc1cc(OCC2(O)CCN(Cc3ccc(OCCN4CCNC4=O)cc3)CC2)cc(C)c1Cl. The van der Waals surface area contributed by atoms with Crippen LogP contribution in [0.4, 0.5) is 4.79 Å². The number of rotatable bonds is 9. The molecule has 0 aromatic heterocycles. The van der Waals surface area contributed by atoms with Gasteiger partial charge in [0.15, 0.2) is 0 Å². The van der Waals surface area contributed by atoms with Gasteiger partial charge in [-0.2, -0.15) is 0 Å². The van der Waals surface area contributed by atoms with Gasteiger partial charge in [0, 0.05) is 37.7 Å². The van der Waals surface area contributed by atoms with Gasteiger partial charge in [-0.25, -0.2) is 4.79 Å². The predicted molar refractivity (Wildman–Crippen MR) is 133 cm³/mol. The molecule has 2 aromatic carbocycles. The van der Waals surface area contributed by atoms with Crippen LogP contribution in [-0.4, -0.2) is 72.5 Å². The highest BCUT2D eigenvalue weighted by molar-refractivity contribution is 6.32. The molecule has 0 radical (unpaired) electrons. The van der Waals surface area contributed by atoms with Crippen LogP contribution in [0.25, 0.3) is 0 Å². The number of hydrogen-bond donors (Lipinski definition) is 2. The van der Waals surface area contributed by atoms with Crippen molar-refractivity contribution >= 4 is 17.6 Å². The van der Waals surface area contributed by atoms with Crippen LogP contribution in [0.1, 0.15) is 29.5 Å². The smallest absolute Gasteiger partial charge is 0.317 e. The number of urea groups is 1. The number of hydrogen-bond acceptors (Lipinski definition) is 5. The van der Waals surface area contributed by atoms with Crippen LogP contribution >= 0.6 is 11.6 Å². The Morgan fingerprint density at radius 2 is 1.71 bits per heavy atom. The molecule has 0 aliphatic carbocycles. The van der Waals surface area contributed by atoms with Gasteiger partial charge < -0.3 is 24.8 Å². The number of amides is 2. The minimum Gasteiger partial charge on any atom is -0.492 e. The molecular weight excluding hydrogens is 454 g/mol. The summed E-state index contributed by atoms with van der Waals surface area (Å²) in [4.78, 5) is 15.7. The molecule has 2 aromatic rings. The van der Waals surface area contributed by atoms with Gasteiger partial charge in [-0.05, 0) is 67.6 Å². The second-order valence-electron chi connectivity index (χ2n) is 9.37. The van der Waals surface area contributed by atoms with Crippen molar-refractivity contribution in [2.75, 3.05) is 45.9 Å². The number of piperidine rings is 1. The van der Waals surface area contributed by atoms with Gasteiger partial charge in [-0.1, -0.05) is 23.7 Å². The third-order valence-corrected chi connectivity index (χ3v) is 7.21. The summed E-state index contributed by atoms with van der Waals surface area (Å²) < 4.78 is 11.7. The van der Waals surface area contributed by atoms with Gasteiger partial charge in [-0.15, -0.1) is 0 Å². The highest BCUT2D eigenvalue weighted by Crippen LogP contribution is 2.29. The van der Waals surface area contributed by atoms with E-state index in [1.54, 1.807) is 4.90 Å². The number of nitrogens with zero attached hydrogens (tertiary/aromatic N) is 2. The Kier molecular flexibility index (Phi) is 7.86. The maximum Gasteiger partial charge on any atom is 0.317 e. The average Bonchev–Trinajstić information content (AvgIpc) is 3.23. The first kappa shape index (κ1) is 24.6. The number of benzene rings is 2. The summed E-state index contributed by atoms with van der Waals surface area (Å²) in [5, 5.41) is 14.5. The van der Waals surface area contributed by atoms with Crippen LogP contribution in [0.3, 0.4) is 0 Å². The number of ether oxygens (including phenoxy) is 2. The lowest BCUT2D eigenvalue weighted by Gasteiger charge is -2.38. The van der Waals surface area contributed by atoms with Crippen molar-refractivity contribution in [3.05, 3.63) is 58.1 Å². The van der Waals surface area contributed by atoms with Crippen LogP contribution in [0.2, 0.25) is 5.02 Å². The summed E-state index contributed by atoms with van der Waals surface area (Å²) in [6.07, 6.45) is 1.34. The van der Waals surface area contributed by atoms with Gasteiger partial charge in [0.05, 0.1) is 6.54 Å². The van der Waals surface area contributed by atoms with Crippen molar-refractivity contribution in [3.8, 4) is 11.5 Å². The number of aryl methyl sites for hydroxylation is 2. The van der Waals surface area contributed by atoms with Crippen LogP contribution in [0.15, 0.2) is 36.4 Å². The highest BCUT2D eigenvalue weighted by Gasteiger charge is 2.33. The Labute approximate surface area is 206 Å². The molecule has 34 heavy (non-hydrogen) atoms. The first-order valence-corrected chi connectivity index (χ1v) is 12.3. The van der Waals surface area contributed by atoms with Crippen molar-refractivity contribution < 1.29 is 19.4 Å². The third kappa shape index (κ3) is 6.34. The summed E-state index contributed by atoms with van der Waals surface area (Å²) in [7, 11) is 0. The monoisotopic (exact) mass is 487 g/mol. The number of carbonyl (C=O) groups is 1. The quantitative estimate of drug-likeness (QED) is 0.563. The van der Waals surface area contributed by atoms with Gasteiger partial charge in [-0.3, -0.25) is 4.90 Å². The van der Waals surface area contributed by atoms with Crippen molar-refractivity contribution in [1.29, 1.82) is 0 Å². The first-order chi connectivity index (χ1) is 16.3. The van der Waals surface area contributed by atoms with E-state index < -0.39 is 5.60 Å². The fraction of sp³-hybridized carbons (Fsp3) is 0.500. The maximum absolute atomic E-state index is 11.6. The molecule has 2 aliphatic rings. The molecule has 2 amide bonds. The van der Waals surface area contributed by atoms with Crippen LogP contribution in [0.5, 0.6) is 11.5 Å². The Morgan fingerprint density at radius 1 is 1.03 bits per heavy atom. The average molecular weight is 488 g/mol. The van der Waals surface area contributed by atoms with Crippen LogP contribution in [-0.2, 0) is 6.54 Å². The van der Waals surface area contributed by atoms with E-state index in [9.17, 15) is 9.90 Å². The summed E-state index contributed by atoms with van der Waals surface area (Å²) in [6.45, 7) is 9.18. The minimum atomic E-state index is -0.818. The van der Waals surface area contributed by atoms with Crippen molar-refractivity contribution in [2.45, 2.75) is 38.8 Å². The lowest BCUT2D eigenvalue weighted by atomic mass is 9.92. The summed E-state index contributed by atoms with van der Waals surface area (Å²) in [5.41, 5.74) is 2.35. The second kappa shape index (κ2) is 10.8. The summed E-state index contributed by atoms with van der Waals surface area (Å²) in [5.74, 6) is 1.56. The first-order valence-electron chi connectivity index (χ1n) is 11.9. The van der Waals surface area contributed by atoms with E-state index in [0.717, 1.165) is 53.8 Å². The van der Waals surface area contributed by atoms with E-state index in [4.69, 9.17) is 21.1 Å². The molecule has 0 bridgehead atoms. The zero-order chi connectivity index (χ0) is 24.1. The molecule has 2 fully saturated rings. The molecular formula is C26H34ClN3O4. The predicted octanol–water partition coefficient (Wildman–Crippen LogP) is 3.77. The molecule has 2 N–H and O–H groups in total. The minimum absolute atomic E-state index is 0.0193. The topological polar surface area (TPSA) is 74.3 Å². The zero-order valence-corrected chi connectivity index (χ0v) is 20.7. The summed E-state index contributed by atoms with van der Waals surface area (Å²) >= 11 is 6.24. The molecule has 0 saturated carbocycles. The molecule has 2 saturated heterocycles. The Bertz CT molecular complexity index is 967. The molecule has 184 valence electrons. The van der Waals surface area contributed by atoms with Crippen LogP contribution in [0, 0.1) is 13.8 Å². The Balaban J connectivity index is 1.19. The van der Waals surface area contributed by atoms with Crippen molar-refractivity contribution in [2.24, 2.45) is 0 Å². The lowest BCUT2D eigenvalue weighted by molar-refractivity contribution is -0.0537. The van der Waals surface area contributed by atoms with E-state index in [0.29, 0.717) is 32.5 Å². The van der Waals surface area contributed by atoms with E-state index in [1.165, 1.54) is 5.56 Å². The van der Waals surface area contributed by atoms with E-state index in [1.807, 2.05) is 38.1 Å². The lowest BCUT2D eigenvalue weighted by Crippen LogP contribution is -2.47. The van der Waals surface area contributed by atoms with Gasteiger partial charge in [0.1, 0.15) is 30.3 Å². The largest absolute Gasteiger partial charge is 0.492 e. The molecule has 0 atom stereocenters. The molecule has 4 rings (SSSR count). The number of likely N-dealkylation sites (tertiary alicyclic amines) is 1. The van der Waals surface area contributed by atoms with Crippen molar-refractivity contribution in [3.63, 3.8) is 0 Å². The van der Waals surface area contributed by atoms with Crippen molar-refractivity contribution in [1.82, 2.24) is 15.1 Å². The molecule has 2 heterocycles. The molecule has 0 unspecified atom stereocenters. The number of aliphatic hydroxyl groups is 1.